The van der Waals surface area contributed by atoms with Crippen molar-refractivity contribution in [3.8, 4) is 0 Å². The van der Waals surface area contributed by atoms with Crippen LogP contribution in [0.15, 0.2) is 0 Å². The predicted octanol–water partition coefficient (Wildman–Crippen LogP) is 0.272. The third-order valence-electron chi connectivity index (χ3n) is 0.788. The summed E-state index contributed by atoms with van der Waals surface area (Å²) in [6.45, 7) is 3.47. The van der Waals surface area contributed by atoms with Crippen LogP contribution in [0.3, 0.4) is 0 Å². The van der Waals surface area contributed by atoms with Gasteiger partial charge >= 0.3 is 0 Å². The molecule has 48 valence electrons. The van der Waals surface area contributed by atoms with Crippen molar-refractivity contribution in [3.63, 3.8) is 0 Å². The zero-order valence-corrected chi connectivity index (χ0v) is 5.92. The van der Waals surface area contributed by atoms with Gasteiger partial charge in [0.2, 0.25) is 0 Å². The molecule has 8 heavy (non-hydrogen) atoms. The summed E-state index contributed by atoms with van der Waals surface area (Å²) in [7, 11) is 0. The highest BCUT2D eigenvalue weighted by molar-refractivity contribution is 7.80. The maximum Gasteiger partial charge on any atom is 0.0751 e. The molecule has 0 saturated carbocycles. The minimum atomic E-state index is 0.653. The van der Waals surface area contributed by atoms with E-state index < -0.39 is 0 Å². The Morgan fingerprint density at radius 2 is 2.38 bits per heavy atom. The quantitative estimate of drug-likeness (QED) is 0.541. The van der Waals surface area contributed by atoms with Crippen molar-refractivity contribution in [2.45, 2.75) is 13.3 Å². The van der Waals surface area contributed by atoms with Gasteiger partial charge in [0.1, 0.15) is 0 Å². The molecule has 0 radical (unpaired) electrons. The molecule has 0 aliphatic heterocycles. The first-order valence-electron chi connectivity index (χ1n) is 2.78. The van der Waals surface area contributed by atoms with Crippen molar-refractivity contribution in [2.75, 3.05) is 13.1 Å². The fourth-order valence-electron chi connectivity index (χ4n) is 0.337. The van der Waals surface area contributed by atoms with Crippen LogP contribution in [0.25, 0.3) is 0 Å². The second-order valence-corrected chi connectivity index (χ2v) is 1.98. The van der Waals surface area contributed by atoms with Gasteiger partial charge in [-0.15, -0.1) is 0 Å². The highest BCUT2D eigenvalue weighted by Crippen LogP contribution is 1.76. The van der Waals surface area contributed by atoms with Crippen molar-refractivity contribution >= 4 is 17.2 Å². The number of hydrogen-bond acceptors (Lipinski definition) is 2. The van der Waals surface area contributed by atoms with E-state index in [1.54, 1.807) is 0 Å². The van der Waals surface area contributed by atoms with Gasteiger partial charge in [0, 0.05) is 13.1 Å². The van der Waals surface area contributed by atoms with Gasteiger partial charge in [0.05, 0.1) is 4.99 Å². The van der Waals surface area contributed by atoms with Gasteiger partial charge in [0.25, 0.3) is 0 Å². The van der Waals surface area contributed by atoms with Crippen LogP contribution in [0.5, 0.6) is 0 Å². The Bertz CT molecular complexity index is 72.8. The van der Waals surface area contributed by atoms with Gasteiger partial charge in [-0.25, -0.2) is 0 Å². The first kappa shape index (κ1) is 7.85. The zero-order valence-electron chi connectivity index (χ0n) is 5.11. The monoisotopic (exact) mass is 132 g/mol. The highest BCUT2D eigenvalue weighted by atomic mass is 32.1. The molecule has 0 aliphatic carbocycles. The topological polar surface area (TPSA) is 38.0 Å². The Balaban J connectivity index is 2.99. The van der Waals surface area contributed by atoms with Crippen molar-refractivity contribution in [1.82, 2.24) is 5.32 Å². The van der Waals surface area contributed by atoms with Gasteiger partial charge in [-0.1, -0.05) is 19.1 Å². The van der Waals surface area contributed by atoms with Crippen LogP contribution >= 0.6 is 12.2 Å². The lowest BCUT2D eigenvalue weighted by Gasteiger charge is -2.00. The molecule has 0 aromatic rings. The van der Waals surface area contributed by atoms with E-state index >= 15 is 0 Å². The van der Waals surface area contributed by atoms with E-state index in [-0.39, 0.29) is 0 Å². The molecule has 0 bridgehead atoms. The lowest BCUT2D eigenvalue weighted by Crippen LogP contribution is -2.26. The summed E-state index contributed by atoms with van der Waals surface area (Å²) in [6.07, 6.45) is 0.912. The van der Waals surface area contributed by atoms with Crippen LogP contribution in [0, 0.1) is 0 Å². The second kappa shape index (κ2) is 5.00. The van der Waals surface area contributed by atoms with Crippen molar-refractivity contribution in [1.29, 1.82) is 0 Å². The number of thiocarbonyl (C=S) groups is 1. The Morgan fingerprint density at radius 3 is 2.75 bits per heavy atom. The average Bonchev–Trinajstić information content (AvgIpc) is 1.83. The van der Waals surface area contributed by atoms with Crippen LogP contribution in [0.2, 0.25) is 0 Å². The molecule has 0 fully saturated rings. The molecule has 0 rings (SSSR count). The van der Waals surface area contributed by atoms with E-state index in [1.807, 2.05) is 6.92 Å². The molecule has 0 aliphatic rings. The Labute approximate surface area is 55.4 Å². The van der Waals surface area contributed by atoms with E-state index in [0.717, 1.165) is 18.0 Å². The van der Waals surface area contributed by atoms with E-state index in [0.29, 0.717) is 6.54 Å². The Kier molecular flexibility index (Phi) is 4.90. The normalized spacial score (nSPS) is 8.75. The third kappa shape index (κ3) is 4.02. The molecule has 3 heteroatoms. The molecule has 0 heterocycles. The summed E-state index contributed by atoms with van der Waals surface area (Å²) in [5, 5.41) is 2.99. The minimum absolute atomic E-state index is 0.653. The summed E-state index contributed by atoms with van der Waals surface area (Å²) in [5.41, 5.74) is 5.21. The van der Waals surface area contributed by atoms with Gasteiger partial charge in [-0.2, -0.15) is 0 Å². The summed E-state index contributed by atoms with van der Waals surface area (Å²) >= 11 is 4.85. The SMILES string of the molecule is CCC(=S)NCCN. The number of nitrogens with one attached hydrogen (secondary N) is 1. The minimum Gasteiger partial charge on any atom is -0.378 e. The first-order valence-corrected chi connectivity index (χ1v) is 3.18. The number of nitrogens with two attached hydrogens (primary N) is 1. The molecule has 2 nitrogen and oxygen atoms in total. The molecular formula is C5H12N2S. The van der Waals surface area contributed by atoms with E-state index in [9.17, 15) is 0 Å². The molecule has 3 N–H and O–H groups in total. The second-order valence-electron chi connectivity index (χ2n) is 1.49. The lowest BCUT2D eigenvalue weighted by atomic mass is 10.5. The number of rotatable bonds is 3. The van der Waals surface area contributed by atoms with E-state index in [2.05, 4.69) is 5.32 Å². The average molecular weight is 132 g/mol. The van der Waals surface area contributed by atoms with Crippen LogP contribution < -0.4 is 11.1 Å². The molecule has 0 saturated heterocycles. The van der Waals surface area contributed by atoms with Crippen LogP contribution in [0.1, 0.15) is 13.3 Å². The van der Waals surface area contributed by atoms with Crippen molar-refractivity contribution in [3.05, 3.63) is 0 Å². The summed E-state index contributed by atoms with van der Waals surface area (Å²) < 4.78 is 0. The predicted molar refractivity (Wildman–Crippen MR) is 39.9 cm³/mol. The highest BCUT2D eigenvalue weighted by Gasteiger charge is 1.85. The van der Waals surface area contributed by atoms with Crippen LogP contribution in [-0.2, 0) is 0 Å². The fraction of sp³-hybridized carbons (Fsp3) is 0.800. The summed E-state index contributed by atoms with van der Waals surface area (Å²) in [6, 6.07) is 0. The summed E-state index contributed by atoms with van der Waals surface area (Å²) in [4.78, 5) is 0.899. The van der Waals surface area contributed by atoms with Crippen molar-refractivity contribution < 1.29 is 0 Å². The molecule has 0 aromatic carbocycles. The first-order chi connectivity index (χ1) is 3.81. The van der Waals surface area contributed by atoms with E-state index in [4.69, 9.17) is 18.0 Å². The van der Waals surface area contributed by atoms with Crippen LogP contribution in [-0.4, -0.2) is 18.1 Å². The standard InChI is InChI=1S/C5H12N2S/c1-2-5(8)7-4-3-6/h2-4,6H2,1H3,(H,7,8). The van der Waals surface area contributed by atoms with Crippen LogP contribution in [0.4, 0.5) is 0 Å². The maximum atomic E-state index is 5.21. The summed E-state index contributed by atoms with van der Waals surface area (Å²) in [5.74, 6) is 0. The Morgan fingerprint density at radius 1 is 1.75 bits per heavy atom. The molecule has 0 spiro atoms. The zero-order chi connectivity index (χ0) is 6.41. The lowest BCUT2D eigenvalue weighted by molar-refractivity contribution is 0.871. The number of hydrogen-bond donors (Lipinski definition) is 2. The third-order valence-corrected chi connectivity index (χ3v) is 1.22. The van der Waals surface area contributed by atoms with E-state index in [1.165, 1.54) is 0 Å². The molecule has 0 aromatic heterocycles. The molecule has 0 atom stereocenters. The smallest absolute Gasteiger partial charge is 0.0751 e. The largest absolute Gasteiger partial charge is 0.378 e. The Hall–Kier alpha value is -0.150. The molecule has 0 amide bonds. The van der Waals surface area contributed by atoms with Gasteiger partial charge in [-0.3, -0.25) is 0 Å². The molecule has 0 unspecified atom stereocenters. The van der Waals surface area contributed by atoms with Gasteiger partial charge in [-0.05, 0) is 6.42 Å². The van der Waals surface area contributed by atoms with Crippen molar-refractivity contribution in [2.24, 2.45) is 5.73 Å². The molecular weight excluding hydrogens is 120 g/mol. The van der Waals surface area contributed by atoms with Gasteiger partial charge in [0.15, 0.2) is 0 Å². The maximum absolute atomic E-state index is 5.21. The van der Waals surface area contributed by atoms with Gasteiger partial charge < -0.3 is 11.1 Å². The fourth-order valence-corrected chi connectivity index (χ4v) is 0.439.